The number of rotatable bonds is 5. The van der Waals surface area contributed by atoms with Gasteiger partial charge in [0.15, 0.2) is 5.82 Å². The Morgan fingerprint density at radius 1 is 1.29 bits per heavy atom. The maximum atomic E-state index is 9.41. The molecule has 0 amide bonds. The molecule has 0 aromatic carbocycles. The van der Waals surface area contributed by atoms with Gasteiger partial charge in [-0.2, -0.15) is 5.10 Å². The summed E-state index contributed by atoms with van der Waals surface area (Å²) in [6.07, 6.45) is 5.83. The number of nitrogen functional groups attached to an aromatic ring is 1. The summed E-state index contributed by atoms with van der Waals surface area (Å²) in [5.74, 6) is 0.658. The first kappa shape index (κ1) is 15.7. The minimum atomic E-state index is 0.0132. The zero-order chi connectivity index (χ0) is 15.4. The van der Waals surface area contributed by atoms with E-state index in [0.29, 0.717) is 24.0 Å². The van der Waals surface area contributed by atoms with Gasteiger partial charge in [-0.05, 0) is 32.3 Å². The molecule has 1 aromatic heterocycles. The van der Waals surface area contributed by atoms with Gasteiger partial charge in [0, 0.05) is 12.6 Å². The van der Waals surface area contributed by atoms with Gasteiger partial charge in [-0.15, -0.1) is 5.10 Å². The fourth-order valence-electron chi connectivity index (χ4n) is 3.08. The van der Waals surface area contributed by atoms with Crippen molar-refractivity contribution in [2.75, 3.05) is 18.1 Å². The normalized spacial score (nSPS) is 16.0. The molecule has 0 saturated heterocycles. The van der Waals surface area contributed by atoms with Crippen LogP contribution in [0.3, 0.4) is 0 Å². The van der Waals surface area contributed by atoms with E-state index in [1.54, 1.807) is 0 Å². The number of nitrogens with one attached hydrogen (secondary N) is 1. The van der Waals surface area contributed by atoms with Crippen LogP contribution in [0.15, 0.2) is 0 Å². The number of hydrogen-bond acceptors (Lipinski definition) is 5. The summed E-state index contributed by atoms with van der Waals surface area (Å²) in [5, 5.41) is 25.8. The molecule has 0 bridgehead atoms. The highest BCUT2D eigenvalue weighted by Gasteiger charge is 2.26. The smallest absolute Gasteiger partial charge is 0.162 e. The summed E-state index contributed by atoms with van der Waals surface area (Å²) in [5.41, 5.74) is 8.11. The van der Waals surface area contributed by atoms with E-state index in [1.165, 1.54) is 19.3 Å². The molecule has 4 N–H and O–H groups in total. The quantitative estimate of drug-likeness (QED) is 0.564. The summed E-state index contributed by atoms with van der Waals surface area (Å²) in [7, 11) is 0. The number of nitrogens with zero attached hydrogens (tertiary/aromatic N) is 3. The predicted molar refractivity (Wildman–Crippen MR) is 83.8 cm³/mol. The average Bonchev–Trinajstić information content (AvgIpc) is 2.48. The molecule has 6 heteroatoms. The largest absolute Gasteiger partial charge is 0.395 e. The van der Waals surface area contributed by atoms with E-state index in [-0.39, 0.29) is 12.4 Å². The molecule has 1 saturated carbocycles. The Labute approximate surface area is 125 Å². The molecule has 0 aliphatic heterocycles. The Bertz CT molecular complexity index is 511. The highest BCUT2D eigenvalue weighted by Crippen LogP contribution is 2.29. The fraction of sp³-hybridized carbons (Fsp3) is 0.667. The van der Waals surface area contributed by atoms with Crippen molar-refractivity contribution in [3.05, 3.63) is 16.8 Å². The van der Waals surface area contributed by atoms with Gasteiger partial charge in [0.25, 0.3) is 0 Å². The monoisotopic (exact) mass is 291 g/mol. The number of amidine groups is 1. The number of aliphatic hydroxyl groups excluding tert-OH is 1. The summed E-state index contributed by atoms with van der Waals surface area (Å²) in [4.78, 5) is 2.09. The standard InChI is InChI=1S/C15H25N5O/c1-10-11(2)18-19-15(13(10)14(16)17)20(8-9-21)12-6-4-3-5-7-12/h12,21H,3-9H2,1-2H3,(H3,16,17). The second-order valence-electron chi connectivity index (χ2n) is 5.73. The molecule has 1 aromatic rings. The van der Waals surface area contributed by atoms with Crippen LogP contribution in [0, 0.1) is 19.3 Å². The van der Waals surface area contributed by atoms with Gasteiger partial charge in [0.1, 0.15) is 5.84 Å². The summed E-state index contributed by atoms with van der Waals surface area (Å²) < 4.78 is 0. The third-order valence-corrected chi connectivity index (χ3v) is 4.33. The zero-order valence-electron chi connectivity index (χ0n) is 12.9. The maximum Gasteiger partial charge on any atom is 0.162 e. The molecule has 116 valence electrons. The molecular weight excluding hydrogens is 266 g/mol. The van der Waals surface area contributed by atoms with Gasteiger partial charge in [-0.1, -0.05) is 19.3 Å². The van der Waals surface area contributed by atoms with Crippen molar-refractivity contribution in [2.45, 2.75) is 52.0 Å². The van der Waals surface area contributed by atoms with Crippen LogP contribution in [-0.2, 0) is 0 Å². The second kappa shape index (κ2) is 6.85. The molecule has 1 aliphatic rings. The number of hydrogen-bond donors (Lipinski definition) is 3. The first-order valence-electron chi connectivity index (χ1n) is 7.62. The first-order chi connectivity index (χ1) is 10.1. The molecule has 1 heterocycles. The van der Waals surface area contributed by atoms with Crippen LogP contribution in [0.1, 0.15) is 48.9 Å². The Morgan fingerprint density at radius 2 is 1.95 bits per heavy atom. The summed E-state index contributed by atoms with van der Waals surface area (Å²) in [6.45, 7) is 4.35. The van der Waals surface area contributed by atoms with E-state index in [4.69, 9.17) is 11.1 Å². The molecule has 0 radical (unpaired) electrons. The van der Waals surface area contributed by atoms with Crippen LogP contribution in [0.4, 0.5) is 5.82 Å². The van der Waals surface area contributed by atoms with E-state index in [0.717, 1.165) is 24.1 Å². The Balaban J connectivity index is 2.44. The molecule has 1 fully saturated rings. The van der Waals surface area contributed by atoms with Crippen LogP contribution < -0.4 is 10.6 Å². The fourth-order valence-corrected chi connectivity index (χ4v) is 3.08. The van der Waals surface area contributed by atoms with E-state index >= 15 is 0 Å². The molecule has 2 rings (SSSR count). The minimum absolute atomic E-state index is 0.0132. The van der Waals surface area contributed by atoms with Crippen LogP contribution in [0.2, 0.25) is 0 Å². The lowest BCUT2D eigenvalue weighted by atomic mass is 9.93. The highest BCUT2D eigenvalue weighted by atomic mass is 16.3. The average molecular weight is 291 g/mol. The first-order valence-corrected chi connectivity index (χ1v) is 7.62. The van der Waals surface area contributed by atoms with Crippen LogP contribution in [-0.4, -0.2) is 40.3 Å². The SMILES string of the molecule is Cc1nnc(N(CCO)C2CCCCC2)c(C(=N)N)c1C. The van der Waals surface area contributed by atoms with Gasteiger partial charge < -0.3 is 15.7 Å². The third-order valence-electron chi connectivity index (χ3n) is 4.33. The highest BCUT2D eigenvalue weighted by molar-refractivity contribution is 6.01. The molecule has 0 atom stereocenters. The van der Waals surface area contributed by atoms with E-state index in [9.17, 15) is 5.11 Å². The van der Waals surface area contributed by atoms with Crippen molar-refractivity contribution in [3.63, 3.8) is 0 Å². The lowest BCUT2D eigenvalue weighted by Gasteiger charge is -2.35. The van der Waals surface area contributed by atoms with Crippen molar-refractivity contribution in [3.8, 4) is 0 Å². The topological polar surface area (TPSA) is 99.1 Å². The molecule has 21 heavy (non-hydrogen) atoms. The van der Waals surface area contributed by atoms with Crippen molar-refractivity contribution < 1.29 is 5.11 Å². The molecular formula is C15H25N5O. The number of aromatic nitrogens is 2. The van der Waals surface area contributed by atoms with Crippen molar-refractivity contribution >= 4 is 11.7 Å². The Morgan fingerprint density at radius 3 is 2.52 bits per heavy atom. The van der Waals surface area contributed by atoms with E-state index in [1.807, 2.05) is 13.8 Å². The Kier molecular flexibility index (Phi) is 5.12. The number of aliphatic hydroxyl groups is 1. The van der Waals surface area contributed by atoms with E-state index < -0.39 is 0 Å². The minimum Gasteiger partial charge on any atom is -0.395 e. The molecule has 0 spiro atoms. The zero-order valence-corrected chi connectivity index (χ0v) is 12.9. The third kappa shape index (κ3) is 3.32. The van der Waals surface area contributed by atoms with Crippen molar-refractivity contribution in [1.82, 2.24) is 10.2 Å². The molecule has 0 unspecified atom stereocenters. The molecule has 6 nitrogen and oxygen atoms in total. The number of aryl methyl sites for hydroxylation is 1. The lowest BCUT2D eigenvalue weighted by molar-refractivity contribution is 0.289. The van der Waals surface area contributed by atoms with Gasteiger partial charge in [0.05, 0.1) is 17.9 Å². The van der Waals surface area contributed by atoms with Gasteiger partial charge in [0.2, 0.25) is 0 Å². The Hall–Kier alpha value is -1.69. The van der Waals surface area contributed by atoms with Gasteiger partial charge >= 0.3 is 0 Å². The van der Waals surface area contributed by atoms with Crippen molar-refractivity contribution in [2.24, 2.45) is 5.73 Å². The van der Waals surface area contributed by atoms with Crippen molar-refractivity contribution in [1.29, 1.82) is 5.41 Å². The van der Waals surface area contributed by atoms with Gasteiger partial charge in [-0.25, -0.2) is 0 Å². The summed E-state index contributed by atoms with van der Waals surface area (Å²) >= 11 is 0. The number of anilines is 1. The van der Waals surface area contributed by atoms with Crippen LogP contribution in [0.5, 0.6) is 0 Å². The maximum absolute atomic E-state index is 9.41. The van der Waals surface area contributed by atoms with E-state index in [2.05, 4.69) is 15.1 Å². The molecule has 1 aliphatic carbocycles. The summed E-state index contributed by atoms with van der Waals surface area (Å²) in [6, 6.07) is 0.348. The lowest BCUT2D eigenvalue weighted by Crippen LogP contribution is -2.41. The van der Waals surface area contributed by atoms with Crippen LogP contribution >= 0.6 is 0 Å². The second-order valence-corrected chi connectivity index (χ2v) is 5.73. The van der Waals surface area contributed by atoms with Gasteiger partial charge in [-0.3, -0.25) is 5.41 Å². The number of nitrogens with two attached hydrogens (primary N) is 1. The predicted octanol–water partition coefficient (Wildman–Crippen LogP) is 1.51. The van der Waals surface area contributed by atoms with Crippen LogP contribution in [0.25, 0.3) is 0 Å².